The molecule has 0 aromatic heterocycles. The van der Waals surface area contributed by atoms with Gasteiger partial charge in [0.2, 0.25) is 5.91 Å². The summed E-state index contributed by atoms with van der Waals surface area (Å²) in [4.78, 5) is 44.0. The number of halogens is 1. The first-order chi connectivity index (χ1) is 16.0. The maximum absolute atomic E-state index is 14.1. The molecule has 0 bridgehead atoms. The zero-order valence-corrected chi connectivity index (χ0v) is 19.5. The number of benzene rings is 1. The minimum Gasteiger partial charge on any atom is -0.465 e. The van der Waals surface area contributed by atoms with Crippen LogP contribution in [0.5, 0.6) is 0 Å². The van der Waals surface area contributed by atoms with E-state index in [0.717, 1.165) is 0 Å². The van der Waals surface area contributed by atoms with Gasteiger partial charge in [-0.15, -0.1) is 11.8 Å². The summed E-state index contributed by atoms with van der Waals surface area (Å²) in [5.41, 5.74) is 0.581. The number of ether oxygens (including phenoxy) is 1. The number of rotatable bonds is 4. The first kappa shape index (κ1) is 22.5. The summed E-state index contributed by atoms with van der Waals surface area (Å²) >= 11 is 7.93. The van der Waals surface area contributed by atoms with E-state index in [0.29, 0.717) is 30.1 Å². The fourth-order valence-corrected chi connectivity index (χ4v) is 7.71. The zero-order chi connectivity index (χ0) is 23.2. The molecule has 2 saturated heterocycles. The maximum Gasteiger partial charge on any atom is 0.311 e. The van der Waals surface area contributed by atoms with Crippen molar-refractivity contribution in [1.29, 1.82) is 0 Å². The van der Waals surface area contributed by atoms with E-state index in [4.69, 9.17) is 16.3 Å². The Morgan fingerprint density at radius 1 is 1.18 bits per heavy atom. The molecule has 1 aromatic rings. The lowest BCUT2D eigenvalue weighted by molar-refractivity contribution is -0.153. The van der Waals surface area contributed by atoms with Gasteiger partial charge in [-0.2, -0.15) is 0 Å². The number of thioether (sulfide) groups is 1. The van der Waals surface area contributed by atoms with E-state index >= 15 is 0 Å². The van der Waals surface area contributed by atoms with Gasteiger partial charge < -0.3 is 19.6 Å². The van der Waals surface area contributed by atoms with Gasteiger partial charge >= 0.3 is 5.97 Å². The fourth-order valence-electron chi connectivity index (χ4n) is 5.47. The number of aliphatic hydroxyl groups excluding tert-OH is 1. The van der Waals surface area contributed by atoms with Crippen molar-refractivity contribution in [3.05, 3.63) is 53.6 Å². The summed E-state index contributed by atoms with van der Waals surface area (Å²) in [7, 11) is 0. The van der Waals surface area contributed by atoms with Crippen LogP contribution in [0, 0.1) is 11.8 Å². The number of carbonyl (C=O) groups excluding carboxylic acids is 3. The molecule has 174 valence electrons. The molecule has 4 aliphatic heterocycles. The van der Waals surface area contributed by atoms with Crippen LogP contribution in [0.1, 0.15) is 12.8 Å². The largest absolute Gasteiger partial charge is 0.465 e. The summed E-state index contributed by atoms with van der Waals surface area (Å²) in [6.45, 7) is 0.725. The third-order valence-corrected chi connectivity index (χ3v) is 8.88. The highest BCUT2D eigenvalue weighted by Crippen LogP contribution is 2.61. The van der Waals surface area contributed by atoms with Crippen molar-refractivity contribution >= 4 is 46.8 Å². The Kier molecular flexibility index (Phi) is 6.01. The van der Waals surface area contributed by atoms with Gasteiger partial charge in [0.25, 0.3) is 5.91 Å². The lowest BCUT2D eigenvalue weighted by atomic mass is 9.78. The minimum atomic E-state index is -0.900. The van der Waals surface area contributed by atoms with Crippen LogP contribution in [0.3, 0.4) is 0 Å². The molecule has 0 radical (unpaired) electrons. The molecule has 2 amide bonds. The summed E-state index contributed by atoms with van der Waals surface area (Å²) in [6.07, 6.45) is 8.79. The first-order valence-electron chi connectivity index (χ1n) is 11.2. The van der Waals surface area contributed by atoms with E-state index in [-0.39, 0.29) is 42.8 Å². The van der Waals surface area contributed by atoms with Crippen molar-refractivity contribution < 1.29 is 24.2 Å². The SMILES string of the molecule is O=C1OCCC=C[C@H]2S[C@]34C=CCN(c5ccccc5Cl)C(=O)C3N(CCCO)C(=O)[C@@H]4[C@@H]12. The van der Waals surface area contributed by atoms with Crippen molar-refractivity contribution in [2.45, 2.75) is 28.9 Å². The number of amides is 2. The van der Waals surface area contributed by atoms with Crippen molar-refractivity contribution in [2.24, 2.45) is 11.8 Å². The highest BCUT2D eigenvalue weighted by molar-refractivity contribution is 8.02. The normalized spacial score (nSPS) is 33.2. The Labute approximate surface area is 201 Å². The Morgan fingerprint density at radius 2 is 2.00 bits per heavy atom. The number of likely N-dealkylation sites (tertiary alicyclic amines) is 1. The molecule has 0 saturated carbocycles. The Balaban J connectivity index is 1.62. The Bertz CT molecular complexity index is 1050. The van der Waals surface area contributed by atoms with Gasteiger partial charge in [-0.05, 0) is 25.0 Å². The van der Waals surface area contributed by atoms with E-state index in [2.05, 4.69) is 0 Å². The van der Waals surface area contributed by atoms with E-state index in [9.17, 15) is 19.5 Å². The van der Waals surface area contributed by atoms with Crippen LogP contribution >= 0.6 is 23.4 Å². The first-order valence-corrected chi connectivity index (χ1v) is 12.4. The van der Waals surface area contributed by atoms with Gasteiger partial charge in [-0.1, -0.05) is 48.0 Å². The van der Waals surface area contributed by atoms with Gasteiger partial charge in [0, 0.05) is 24.9 Å². The number of hydrogen-bond acceptors (Lipinski definition) is 6. The topological polar surface area (TPSA) is 87.2 Å². The van der Waals surface area contributed by atoms with Crippen LogP contribution in [0.4, 0.5) is 5.69 Å². The molecule has 0 aliphatic carbocycles. The zero-order valence-electron chi connectivity index (χ0n) is 17.9. The predicted molar refractivity (Wildman–Crippen MR) is 126 cm³/mol. The number of nitrogens with zero attached hydrogens (tertiary/aromatic N) is 2. The fraction of sp³-hybridized carbons (Fsp3) is 0.458. The van der Waals surface area contributed by atoms with Crippen molar-refractivity contribution in [3.8, 4) is 0 Å². The third kappa shape index (κ3) is 3.50. The lowest BCUT2D eigenvalue weighted by Crippen LogP contribution is -2.53. The number of carbonyl (C=O) groups is 3. The van der Waals surface area contributed by atoms with Crippen LogP contribution < -0.4 is 4.90 Å². The number of fused-ring (bicyclic) bond motifs is 2. The average Bonchev–Trinajstić information content (AvgIpc) is 3.17. The summed E-state index contributed by atoms with van der Waals surface area (Å²) in [6, 6.07) is 6.32. The van der Waals surface area contributed by atoms with Gasteiger partial charge in [-0.25, -0.2) is 0 Å². The summed E-state index contributed by atoms with van der Waals surface area (Å²) in [5, 5.41) is 9.64. The molecule has 4 heterocycles. The highest BCUT2D eigenvalue weighted by atomic mass is 35.5. The molecule has 1 unspecified atom stereocenters. The van der Waals surface area contributed by atoms with Crippen LogP contribution in [0.2, 0.25) is 5.02 Å². The summed E-state index contributed by atoms with van der Waals surface area (Å²) < 4.78 is 4.56. The second-order valence-electron chi connectivity index (χ2n) is 8.64. The van der Waals surface area contributed by atoms with Crippen LogP contribution in [-0.4, -0.2) is 70.1 Å². The molecule has 33 heavy (non-hydrogen) atoms. The van der Waals surface area contributed by atoms with E-state index < -0.39 is 22.6 Å². The maximum atomic E-state index is 14.1. The molecular weight excluding hydrogens is 464 g/mol. The highest BCUT2D eigenvalue weighted by Gasteiger charge is 2.70. The molecule has 5 rings (SSSR count). The quantitative estimate of drug-likeness (QED) is 0.517. The molecule has 7 nitrogen and oxygen atoms in total. The monoisotopic (exact) mass is 488 g/mol. The van der Waals surface area contributed by atoms with Gasteiger partial charge in [-0.3, -0.25) is 14.4 Å². The second-order valence-corrected chi connectivity index (χ2v) is 10.5. The second kappa shape index (κ2) is 8.81. The lowest BCUT2D eigenvalue weighted by Gasteiger charge is -2.35. The van der Waals surface area contributed by atoms with Gasteiger partial charge in [0.1, 0.15) is 6.04 Å². The van der Waals surface area contributed by atoms with Crippen molar-refractivity contribution in [2.75, 3.05) is 31.2 Å². The standard InChI is InChI=1S/C24H25ClN2O5S/c25-15-7-1-2-8-16(15)26-11-5-10-24-19(18-17(33-24)9-3-4-14-32-23(18)31)21(29)27(12-6-13-28)20(24)22(26)30/h1-3,5,7-10,17-20,28H,4,6,11-14H2/t17-,18+,19+,20?,24+/m1/s1. The molecule has 1 aromatic carbocycles. The third-order valence-electron chi connectivity index (χ3n) is 6.82. The van der Waals surface area contributed by atoms with E-state index in [1.54, 1.807) is 28.0 Å². The average molecular weight is 489 g/mol. The van der Waals surface area contributed by atoms with Crippen molar-refractivity contribution in [3.63, 3.8) is 0 Å². The molecular formula is C24H25ClN2O5S. The number of cyclic esters (lactones) is 1. The van der Waals surface area contributed by atoms with E-state index in [1.807, 2.05) is 30.4 Å². The molecule has 1 spiro atoms. The molecule has 2 fully saturated rings. The smallest absolute Gasteiger partial charge is 0.311 e. The number of aliphatic hydroxyl groups is 1. The van der Waals surface area contributed by atoms with Crippen LogP contribution in [0.15, 0.2) is 48.6 Å². The predicted octanol–water partition coefficient (Wildman–Crippen LogP) is 2.43. The van der Waals surface area contributed by atoms with Crippen molar-refractivity contribution in [1.82, 2.24) is 4.90 Å². The van der Waals surface area contributed by atoms with Gasteiger partial charge in [0.15, 0.2) is 0 Å². The van der Waals surface area contributed by atoms with E-state index in [1.165, 1.54) is 11.8 Å². The molecule has 5 atom stereocenters. The number of anilines is 1. The van der Waals surface area contributed by atoms with Gasteiger partial charge in [0.05, 0.1) is 33.9 Å². The molecule has 1 N–H and O–H groups in total. The Morgan fingerprint density at radius 3 is 2.79 bits per heavy atom. The summed E-state index contributed by atoms with van der Waals surface area (Å²) in [5.74, 6) is -2.23. The number of esters is 1. The van der Waals surface area contributed by atoms with Crippen LogP contribution in [-0.2, 0) is 19.1 Å². The molecule has 4 aliphatic rings. The molecule has 9 heteroatoms. The number of hydrogen-bond donors (Lipinski definition) is 1. The minimum absolute atomic E-state index is 0.101. The van der Waals surface area contributed by atoms with Crippen LogP contribution in [0.25, 0.3) is 0 Å². The Hall–Kier alpha value is -2.29. The number of para-hydroxylation sites is 1.